The molecule has 0 aliphatic carbocycles. The zero-order valence-electron chi connectivity index (χ0n) is 10.4. The first kappa shape index (κ1) is 14.0. The molecule has 0 aliphatic heterocycles. The van der Waals surface area contributed by atoms with Crippen molar-refractivity contribution in [3.05, 3.63) is 57.0 Å². The lowest BCUT2D eigenvalue weighted by Crippen LogP contribution is -2.23. The molecular formula is C13H9ClFN3O2. The summed E-state index contributed by atoms with van der Waals surface area (Å²) < 4.78 is 19.3. The minimum absolute atomic E-state index is 0.0000154. The van der Waals surface area contributed by atoms with Crippen LogP contribution in [0.1, 0.15) is 11.1 Å². The van der Waals surface area contributed by atoms with Gasteiger partial charge in [0.2, 0.25) is 5.75 Å². The fourth-order valence-corrected chi connectivity index (χ4v) is 1.92. The van der Waals surface area contributed by atoms with Crippen LogP contribution < -0.4 is 10.3 Å². The van der Waals surface area contributed by atoms with Gasteiger partial charge in [-0.15, -0.1) is 0 Å². The van der Waals surface area contributed by atoms with Crippen LogP contribution in [-0.2, 0) is 6.54 Å². The van der Waals surface area contributed by atoms with E-state index < -0.39 is 11.4 Å². The molecule has 7 heteroatoms. The van der Waals surface area contributed by atoms with Gasteiger partial charge < -0.3 is 4.74 Å². The Bertz CT molecular complexity index is 752. The van der Waals surface area contributed by atoms with Crippen molar-refractivity contribution in [2.24, 2.45) is 0 Å². The maximum absolute atomic E-state index is 13.2. The van der Waals surface area contributed by atoms with E-state index in [0.29, 0.717) is 5.56 Å². The van der Waals surface area contributed by atoms with Gasteiger partial charge in [-0.1, -0.05) is 11.6 Å². The topological polar surface area (TPSA) is 67.9 Å². The Hall–Kier alpha value is -2.39. The van der Waals surface area contributed by atoms with Gasteiger partial charge in [-0.2, -0.15) is 5.26 Å². The fourth-order valence-electron chi connectivity index (χ4n) is 1.72. The number of hydrogen-bond acceptors (Lipinski definition) is 4. The molecule has 0 radical (unpaired) electrons. The lowest BCUT2D eigenvalue weighted by Gasteiger charge is -2.09. The van der Waals surface area contributed by atoms with E-state index in [1.54, 1.807) is 0 Å². The summed E-state index contributed by atoms with van der Waals surface area (Å²) in [6, 6.07) is 5.69. The Balaban J connectivity index is 2.49. The van der Waals surface area contributed by atoms with E-state index in [0.717, 1.165) is 0 Å². The molecule has 1 aromatic carbocycles. The smallest absolute Gasteiger partial charge is 0.297 e. The van der Waals surface area contributed by atoms with Crippen molar-refractivity contribution >= 4 is 11.6 Å². The van der Waals surface area contributed by atoms with E-state index >= 15 is 0 Å². The third-order valence-corrected chi connectivity index (χ3v) is 2.95. The van der Waals surface area contributed by atoms with E-state index in [1.165, 1.54) is 36.2 Å². The van der Waals surface area contributed by atoms with E-state index in [9.17, 15) is 9.18 Å². The van der Waals surface area contributed by atoms with E-state index in [1.807, 2.05) is 6.07 Å². The number of benzene rings is 1. The zero-order chi connectivity index (χ0) is 14.7. The van der Waals surface area contributed by atoms with Crippen molar-refractivity contribution in [1.82, 2.24) is 9.55 Å². The summed E-state index contributed by atoms with van der Waals surface area (Å²) in [5.41, 5.74) is 0.161. The molecule has 2 rings (SSSR count). The number of hydrogen-bond donors (Lipinski definition) is 0. The van der Waals surface area contributed by atoms with Gasteiger partial charge in [0.05, 0.1) is 31.6 Å². The van der Waals surface area contributed by atoms with Crippen LogP contribution in [0.4, 0.5) is 4.39 Å². The first-order valence-corrected chi connectivity index (χ1v) is 5.92. The molecule has 1 heterocycles. The van der Waals surface area contributed by atoms with Gasteiger partial charge in [0.25, 0.3) is 5.56 Å². The summed E-state index contributed by atoms with van der Waals surface area (Å²) >= 11 is 5.73. The molecule has 102 valence electrons. The number of ether oxygens (including phenoxy) is 1. The number of methoxy groups -OCH3 is 1. The molecule has 0 bridgehead atoms. The molecule has 0 N–H and O–H groups in total. The normalized spacial score (nSPS) is 10.1. The lowest BCUT2D eigenvalue weighted by molar-refractivity contribution is 0.401. The molecule has 0 atom stereocenters. The number of aromatic nitrogens is 2. The Labute approximate surface area is 118 Å². The monoisotopic (exact) mass is 293 g/mol. The predicted octanol–water partition coefficient (Wildman–Crippen LogP) is 1.96. The van der Waals surface area contributed by atoms with Crippen LogP contribution in [0, 0.1) is 17.1 Å². The lowest BCUT2D eigenvalue weighted by atomic mass is 10.1. The van der Waals surface area contributed by atoms with Crippen molar-refractivity contribution < 1.29 is 9.13 Å². The standard InChI is InChI=1S/C13H9ClFN3O2/c1-20-11-12(14)17-7-18(13(11)19)6-9-4-10(15)3-2-8(9)5-16/h2-4,7H,6H2,1H3. The minimum atomic E-state index is -0.499. The van der Waals surface area contributed by atoms with Gasteiger partial charge in [0, 0.05) is 0 Å². The summed E-state index contributed by atoms with van der Waals surface area (Å²) in [5, 5.41) is 8.93. The molecule has 0 spiro atoms. The maximum Gasteiger partial charge on any atom is 0.297 e. The molecule has 5 nitrogen and oxygen atoms in total. The SMILES string of the molecule is COc1c(Cl)ncn(Cc2cc(F)ccc2C#N)c1=O. The molecule has 0 saturated heterocycles. The minimum Gasteiger partial charge on any atom is -0.489 e. The molecular weight excluding hydrogens is 285 g/mol. The van der Waals surface area contributed by atoms with E-state index in [4.69, 9.17) is 21.6 Å². The summed E-state index contributed by atoms with van der Waals surface area (Å²) in [7, 11) is 1.30. The van der Waals surface area contributed by atoms with Gasteiger partial charge in [0.1, 0.15) is 5.82 Å². The average molecular weight is 294 g/mol. The van der Waals surface area contributed by atoms with Crippen molar-refractivity contribution in [3.8, 4) is 11.8 Å². The third-order valence-electron chi connectivity index (χ3n) is 2.69. The van der Waals surface area contributed by atoms with Crippen LogP contribution in [0.2, 0.25) is 5.15 Å². The number of rotatable bonds is 3. The van der Waals surface area contributed by atoms with Crippen molar-refractivity contribution in [2.45, 2.75) is 6.54 Å². The molecule has 0 saturated carbocycles. The van der Waals surface area contributed by atoms with Crippen molar-refractivity contribution in [1.29, 1.82) is 5.26 Å². The van der Waals surface area contributed by atoms with Crippen LogP contribution in [-0.4, -0.2) is 16.7 Å². The summed E-state index contributed by atoms with van der Waals surface area (Å²) in [4.78, 5) is 15.9. The molecule has 0 amide bonds. The third kappa shape index (κ3) is 2.63. The van der Waals surface area contributed by atoms with Crippen molar-refractivity contribution in [3.63, 3.8) is 0 Å². The second kappa shape index (κ2) is 5.72. The highest BCUT2D eigenvalue weighted by atomic mass is 35.5. The Morgan fingerprint density at radius 1 is 1.55 bits per heavy atom. The molecule has 0 fully saturated rings. The number of nitriles is 1. The van der Waals surface area contributed by atoms with Gasteiger partial charge in [-0.05, 0) is 23.8 Å². The quantitative estimate of drug-likeness (QED) is 0.811. The average Bonchev–Trinajstić information content (AvgIpc) is 2.43. The number of halogens is 2. The van der Waals surface area contributed by atoms with Crippen LogP contribution in [0.3, 0.4) is 0 Å². The highest BCUT2D eigenvalue weighted by Gasteiger charge is 2.12. The highest BCUT2D eigenvalue weighted by molar-refractivity contribution is 6.30. The van der Waals surface area contributed by atoms with Crippen molar-refractivity contribution in [2.75, 3.05) is 7.11 Å². The first-order chi connectivity index (χ1) is 9.56. The summed E-state index contributed by atoms with van der Waals surface area (Å²) in [6.07, 6.45) is 1.22. The fraction of sp³-hybridized carbons (Fsp3) is 0.154. The largest absolute Gasteiger partial charge is 0.489 e. The predicted molar refractivity (Wildman–Crippen MR) is 70.3 cm³/mol. The second-order valence-electron chi connectivity index (χ2n) is 3.91. The Morgan fingerprint density at radius 2 is 2.30 bits per heavy atom. The van der Waals surface area contributed by atoms with Crippen LogP contribution in [0.15, 0.2) is 29.3 Å². The highest BCUT2D eigenvalue weighted by Crippen LogP contribution is 2.16. The maximum atomic E-state index is 13.2. The number of nitrogens with zero attached hydrogens (tertiary/aromatic N) is 3. The molecule has 20 heavy (non-hydrogen) atoms. The molecule has 2 aromatic rings. The van der Waals surface area contributed by atoms with Gasteiger partial charge in [-0.25, -0.2) is 9.37 Å². The van der Waals surface area contributed by atoms with Gasteiger partial charge in [0.15, 0.2) is 5.15 Å². The molecule has 1 aromatic heterocycles. The van der Waals surface area contributed by atoms with Gasteiger partial charge >= 0.3 is 0 Å². The summed E-state index contributed by atoms with van der Waals surface area (Å²) in [6.45, 7) is 0.0000154. The molecule has 0 aliphatic rings. The Kier molecular flexibility index (Phi) is 4.01. The van der Waals surface area contributed by atoms with Gasteiger partial charge in [-0.3, -0.25) is 9.36 Å². The second-order valence-corrected chi connectivity index (χ2v) is 4.27. The summed E-state index contributed by atoms with van der Waals surface area (Å²) in [5.74, 6) is -0.579. The zero-order valence-corrected chi connectivity index (χ0v) is 11.2. The van der Waals surface area contributed by atoms with Crippen LogP contribution in [0.5, 0.6) is 5.75 Å². The molecule has 0 unspecified atom stereocenters. The van der Waals surface area contributed by atoms with Crippen LogP contribution >= 0.6 is 11.6 Å². The first-order valence-electron chi connectivity index (χ1n) is 5.54. The van der Waals surface area contributed by atoms with Crippen LogP contribution in [0.25, 0.3) is 0 Å². The van der Waals surface area contributed by atoms with E-state index in [2.05, 4.69) is 4.98 Å². The van der Waals surface area contributed by atoms with E-state index in [-0.39, 0.29) is 23.0 Å². The Morgan fingerprint density at radius 3 is 2.95 bits per heavy atom.